The van der Waals surface area contributed by atoms with Gasteiger partial charge in [0.15, 0.2) is 6.23 Å². The second-order valence-electron chi connectivity index (χ2n) is 10.8. The van der Waals surface area contributed by atoms with Gasteiger partial charge in [-0.15, -0.1) is 0 Å². The van der Waals surface area contributed by atoms with Crippen LogP contribution in [-0.4, -0.2) is 130 Å². The van der Waals surface area contributed by atoms with Gasteiger partial charge in [0, 0.05) is 18.5 Å². The highest BCUT2D eigenvalue weighted by Crippen LogP contribution is 2.51. The second-order valence-corrected chi connectivity index (χ2v) is 12.2. The van der Waals surface area contributed by atoms with Crippen molar-refractivity contribution in [2.24, 2.45) is 5.92 Å². The summed E-state index contributed by atoms with van der Waals surface area (Å²) in [4.78, 5) is 51.1. The van der Waals surface area contributed by atoms with Gasteiger partial charge in [-0.3, -0.25) is 13.9 Å². The Morgan fingerprint density at radius 3 is 2.53 bits per heavy atom. The molecule has 12 unspecified atom stereocenters. The molecular weight excluding hydrogens is 631 g/mol. The summed E-state index contributed by atoms with van der Waals surface area (Å²) in [6, 6.07) is -0.367. The van der Waals surface area contributed by atoms with Crippen LogP contribution in [0.3, 0.4) is 0 Å². The number of aromatic nitrogens is 2. The van der Waals surface area contributed by atoms with Crippen molar-refractivity contribution in [2.75, 3.05) is 18.9 Å². The van der Waals surface area contributed by atoms with E-state index in [1.54, 1.807) is 6.92 Å². The molecule has 0 aromatic carbocycles. The largest absolute Gasteiger partial charge is 0.477 e. The first-order valence-corrected chi connectivity index (χ1v) is 15.4. The number of nitrogen functional groups attached to an aromatic ring is 1. The van der Waals surface area contributed by atoms with Crippen LogP contribution in [0.15, 0.2) is 17.1 Å². The van der Waals surface area contributed by atoms with E-state index in [4.69, 9.17) is 24.3 Å². The zero-order valence-corrected chi connectivity index (χ0v) is 25.1. The molecule has 0 saturated carbocycles. The molecule has 1 amide bonds. The van der Waals surface area contributed by atoms with Gasteiger partial charge in [0.25, 0.3) is 5.79 Å². The third-order valence-corrected chi connectivity index (χ3v) is 8.42. The van der Waals surface area contributed by atoms with Gasteiger partial charge in [0.1, 0.15) is 42.4 Å². The number of nitrogens with two attached hydrogens (primary N) is 1. The van der Waals surface area contributed by atoms with Crippen molar-refractivity contribution >= 4 is 25.5 Å². The molecule has 1 aromatic rings. The Labute approximate surface area is 255 Å². The number of nitrogens with zero attached hydrogens (tertiary/aromatic N) is 2. The maximum Gasteiger partial charge on any atom is 0.475 e. The quantitative estimate of drug-likeness (QED) is 0.0847. The first-order valence-electron chi connectivity index (χ1n) is 13.9. The number of amides is 1. The highest BCUT2D eigenvalue weighted by atomic mass is 31.2. The lowest BCUT2D eigenvalue weighted by molar-refractivity contribution is -0.289. The SMILES string of the molecule is CCCC(C)C(=O)NC1C(O)CC(OP(=O)(O)OCC2OC(n3ccc(N)nc3=O)C(O)C2O)(C(=O)O)OC1C(O)C(O)CO. The highest BCUT2D eigenvalue weighted by molar-refractivity contribution is 7.47. The number of rotatable bonds is 14. The maximum atomic E-state index is 13.0. The summed E-state index contributed by atoms with van der Waals surface area (Å²) in [6.45, 7) is 1.33. The Kier molecular flexibility index (Phi) is 12.2. The zero-order chi connectivity index (χ0) is 33.9. The van der Waals surface area contributed by atoms with Crippen molar-refractivity contribution in [3.8, 4) is 0 Å². The highest BCUT2D eigenvalue weighted by Gasteiger charge is 2.59. The summed E-state index contributed by atoms with van der Waals surface area (Å²) in [5.41, 5.74) is 4.49. The molecule has 11 N–H and O–H groups in total. The number of aliphatic hydroxyl groups is 6. The Balaban J connectivity index is 1.80. The van der Waals surface area contributed by atoms with E-state index >= 15 is 0 Å². The molecule has 0 aliphatic carbocycles. The first kappa shape index (κ1) is 36.9. The normalized spacial score (nSPS) is 33.6. The number of nitrogens with one attached hydrogen (secondary N) is 1. The molecule has 45 heavy (non-hydrogen) atoms. The van der Waals surface area contributed by atoms with E-state index in [2.05, 4.69) is 10.3 Å². The van der Waals surface area contributed by atoms with E-state index < -0.39 is 112 Å². The Morgan fingerprint density at radius 2 is 1.96 bits per heavy atom. The summed E-state index contributed by atoms with van der Waals surface area (Å²) in [6.07, 6.45) is -13.6. The minimum atomic E-state index is -5.54. The van der Waals surface area contributed by atoms with E-state index in [1.165, 1.54) is 6.07 Å². The molecule has 3 heterocycles. The minimum absolute atomic E-state index is 0.134. The van der Waals surface area contributed by atoms with Crippen LogP contribution < -0.4 is 16.7 Å². The fourth-order valence-electron chi connectivity index (χ4n) is 4.95. The number of carbonyl (C=O) groups is 2. The molecule has 12 atom stereocenters. The summed E-state index contributed by atoms with van der Waals surface area (Å²) in [7, 11) is -5.54. The van der Waals surface area contributed by atoms with Gasteiger partial charge in [0.2, 0.25) is 5.91 Å². The molecule has 0 bridgehead atoms. The van der Waals surface area contributed by atoms with Crippen molar-refractivity contribution in [1.82, 2.24) is 14.9 Å². The lowest BCUT2D eigenvalue weighted by Gasteiger charge is -2.46. The molecule has 2 fully saturated rings. The topological polar surface area (TPSA) is 323 Å². The molecule has 1 aromatic heterocycles. The van der Waals surface area contributed by atoms with E-state index in [0.29, 0.717) is 12.8 Å². The molecule has 2 aliphatic rings. The number of phosphoric acid groups is 1. The van der Waals surface area contributed by atoms with Crippen LogP contribution in [0.1, 0.15) is 39.3 Å². The Morgan fingerprint density at radius 1 is 1.29 bits per heavy atom. The average Bonchev–Trinajstić information content (AvgIpc) is 3.24. The second kappa shape index (κ2) is 14.9. The van der Waals surface area contributed by atoms with Gasteiger partial charge < -0.3 is 61.2 Å². The van der Waals surface area contributed by atoms with Crippen molar-refractivity contribution in [1.29, 1.82) is 0 Å². The van der Waals surface area contributed by atoms with E-state index in [1.807, 2.05) is 6.92 Å². The standard InChI is InChI=1S/C24H39N4O16P/c1-3-4-10(2)20(35)27-15-11(30)7-24(22(36)37,43-19(15)16(32)12(31)8-29)44-45(39,40)41-9-13-17(33)18(34)21(42-13)28-6-5-14(25)26-23(28)38/h5-6,10-13,15-19,21,29-34H,3-4,7-9H2,1-2H3,(H,27,35)(H,36,37)(H,39,40)(H2,25,26,38). The number of aliphatic hydroxyl groups excluding tert-OH is 6. The molecule has 0 spiro atoms. The van der Waals surface area contributed by atoms with E-state index in [0.717, 1.165) is 10.8 Å². The Bertz CT molecular complexity index is 1300. The van der Waals surface area contributed by atoms with Crippen molar-refractivity contribution in [2.45, 2.75) is 93.9 Å². The number of anilines is 1. The number of hydrogen-bond acceptors (Lipinski definition) is 16. The van der Waals surface area contributed by atoms with Crippen LogP contribution in [0, 0.1) is 5.92 Å². The van der Waals surface area contributed by atoms with Crippen LogP contribution in [0.2, 0.25) is 0 Å². The number of carboxylic acids is 1. The first-order chi connectivity index (χ1) is 21.0. The number of carbonyl (C=O) groups excluding carboxylic acids is 1. The number of aliphatic carboxylic acids is 1. The Hall–Kier alpha value is -2.59. The van der Waals surface area contributed by atoms with Crippen LogP contribution in [0.5, 0.6) is 0 Å². The molecule has 20 nitrogen and oxygen atoms in total. The van der Waals surface area contributed by atoms with Crippen molar-refractivity contribution < 1.29 is 73.3 Å². The molecule has 3 rings (SSSR count). The van der Waals surface area contributed by atoms with Crippen LogP contribution >= 0.6 is 7.82 Å². The van der Waals surface area contributed by atoms with Gasteiger partial charge in [-0.1, -0.05) is 20.3 Å². The zero-order valence-electron chi connectivity index (χ0n) is 24.2. The third kappa shape index (κ3) is 8.42. The summed E-state index contributed by atoms with van der Waals surface area (Å²) in [5, 5.41) is 74.1. The fraction of sp³-hybridized carbons (Fsp3) is 0.750. The van der Waals surface area contributed by atoms with Crippen molar-refractivity contribution in [3.05, 3.63) is 22.7 Å². The summed E-state index contributed by atoms with van der Waals surface area (Å²) >= 11 is 0. The summed E-state index contributed by atoms with van der Waals surface area (Å²) < 4.78 is 34.2. The van der Waals surface area contributed by atoms with Crippen LogP contribution in [0.4, 0.5) is 5.82 Å². The average molecular weight is 671 g/mol. The fourth-order valence-corrected chi connectivity index (χ4v) is 5.91. The van der Waals surface area contributed by atoms with Gasteiger partial charge in [0.05, 0.1) is 25.4 Å². The molecule has 0 radical (unpaired) electrons. The number of phosphoric ester groups is 1. The molecule has 21 heteroatoms. The van der Waals surface area contributed by atoms with Gasteiger partial charge in [-0.05, 0) is 12.5 Å². The number of hydrogen-bond donors (Lipinski definition) is 10. The molecule has 256 valence electrons. The van der Waals surface area contributed by atoms with Gasteiger partial charge in [-0.25, -0.2) is 18.7 Å². The van der Waals surface area contributed by atoms with E-state index in [-0.39, 0.29) is 5.82 Å². The van der Waals surface area contributed by atoms with Crippen LogP contribution in [0.25, 0.3) is 0 Å². The number of ether oxygens (including phenoxy) is 2. The summed E-state index contributed by atoms with van der Waals surface area (Å²) in [5.74, 6) is -6.64. The van der Waals surface area contributed by atoms with E-state index in [9.17, 15) is 59.6 Å². The van der Waals surface area contributed by atoms with Gasteiger partial charge >= 0.3 is 19.5 Å². The molecular formula is C24H39N4O16P. The lowest BCUT2D eigenvalue weighted by atomic mass is 9.88. The smallest absolute Gasteiger partial charge is 0.475 e. The van der Waals surface area contributed by atoms with Crippen molar-refractivity contribution in [3.63, 3.8) is 0 Å². The monoisotopic (exact) mass is 670 g/mol. The minimum Gasteiger partial charge on any atom is -0.477 e. The lowest BCUT2D eigenvalue weighted by Crippen LogP contribution is -2.68. The molecule has 2 saturated heterocycles. The maximum absolute atomic E-state index is 13.0. The predicted octanol–water partition coefficient (Wildman–Crippen LogP) is -3.86. The van der Waals surface area contributed by atoms with Gasteiger partial charge in [-0.2, -0.15) is 4.98 Å². The predicted molar refractivity (Wildman–Crippen MR) is 147 cm³/mol. The number of carboxylic acid groups (broad SMARTS) is 1. The van der Waals surface area contributed by atoms with Crippen LogP contribution in [-0.2, 0) is 32.7 Å². The molecule has 2 aliphatic heterocycles. The third-order valence-electron chi connectivity index (χ3n) is 7.42.